The minimum absolute atomic E-state index is 0.296. The summed E-state index contributed by atoms with van der Waals surface area (Å²) in [4.78, 5) is 11.5. The summed E-state index contributed by atoms with van der Waals surface area (Å²) < 4.78 is 5.46. The van der Waals surface area contributed by atoms with E-state index in [2.05, 4.69) is 13.8 Å². The number of ketones is 1. The Morgan fingerprint density at radius 2 is 1.88 bits per heavy atom. The van der Waals surface area contributed by atoms with Gasteiger partial charge in [-0.3, -0.25) is 4.79 Å². The van der Waals surface area contributed by atoms with E-state index in [1.807, 2.05) is 30.3 Å². The molecule has 0 bridgehead atoms. The van der Waals surface area contributed by atoms with E-state index >= 15 is 0 Å². The second-order valence-corrected chi connectivity index (χ2v) is 4.38. The number of rotatable bonds is 7. The topological polar surface area (TPSA) is 26.3 Å². The third-order valence-corrected chi connectivity index (χ3v) is 2.39. The Labute approximate surface area is 97.6 Å². The van der Waals surface area contributed by atoms with Crippen LogP contribution >= 0.6 is 0 Å². The Hall–Kier alpha value is -1.31. The fourth-order valence-electron chi connectivity index (χ4n) is 1.37. The van der Waals surface area contributed by atoms with Crippen LogP contribution in [0.15, 0.2) is 30.3 Å². The number of carbonyl (C=O) groups is 1. The zero-order chi connectivity index (χ0) is 11.8. The molecule has 0 saturated carbocycles. The van der Waals surface area contributed by atoms with Crippen molar-refractivity contribution in [3.63, 3.8) is 0 Å². The number of hydrogen-bond acceptors (Lipinski definition) is 2. The maximum atomic E-state index is 11.5. The Kier molecular flexibility index (Phi) is 5.62. The largest absolute Gasteiger partial charge is 0.493 e. The number of para-hydroxylation sites is 1. The van der Waals surface area contributed by atoms with Gasteiger partial charge >= 0.3 is 0 Å². The van der Waals surface area contributed by atoms with Gasteiger partial charge in [0.1, 0.15) is 11.5 Å². The first-order valence-corrected chi connectivity index (χ1v) is 5.88. The van der Waals surface area contributed by atoms with Crippen molar-refractivity contribution in [3.05, 3.63) is 30.3 Å². The molecule has 1 aromatic carbocycles. The summed E-state index contributed by atoms with van der Waals surface area (Å²) in [5.41, 5.74) is 0. The molecule has 0 aliphatic rings. The van der Waals surface area contributed by atoms with Gasteiger partial charge in [-0.05, 0) is 24.5 Å². The van der Waals surface area contributed by atoms with E-state index in [0.29, 0.717) is 31.1 Å². The number of carbonyl (C=O) groups excluding carboxylic acids is 1. The predicted octanol–water partition coefficient (Wildman–Crippen LogP) is 3.46. The van der Waals surface area contributed by atoms with Crippen LogP contribution in [-0.4, -0.2) is 12.4 Å². The number of Topliss-reactive ketones (excluding diaryl/α,β-unsaturated/α-hetero) is 1. The lowest BCUT2D eigenvalue weighted by Gasteiger charge is -2.06. The molecule has 0 N–H and O–H groups in total. The summed E-state index contributed by atoms with van der Waals surface area (Å²) in [5, 5.41) is 0. The summed E-state index contributed by atoms with van der Waals surface area (Å²) in [7, 11) is 0. The highest BCUT2D eigenvalue weighted by Gasteiger charge is 2.04. The maximum absolute atomic E-state index is 11.5. The minimum atomic E-state index is 0.296. The first-order chi connectivity index (χ1) is 7.68. The lowest BCUT2D eigenvalue weighted by atomic mass is 10.0. The fourth-order valence-corrected chi connectivity index (χ4v) is 1.37. The van der Waals surface area contributed by atoms with E-state index < -0.39 is 0 Å². The van der Waals surface area contributed by atoms with E-state index in [9.17, 15) is 4.79 Å². The van der Waals surface area contributed by atoms with Crippen molar-refractivity contribution in [1.29, 1.82) is 0 Å². The third kappa shape index (κ3) is 5.54. The van der Waals surface area contributed by atoms with Crippen LogP contribution in [0.4, 0.5) is 0 Å². The Balaban J connectivity index is 2.13. The van der Waals surface area contributed by atoms with E-state index in [-0.39, 0.29) is 0 Å². The molecule has 0 aliphatic heterocycles. The van der Waals surface area contributed by atoms with Crippen molar-refractivity contribution in [2.24, 2.45) is 5.92 Å². The van der Waals surface area contributed by atoms with Crippen LogP contribution in [0, 0.1) is 5.92 Å². The summed E-state index contributed by atoms with van der Waals surface area (Å²) in [6.45, 7) is 4.75. The zero-order valence-electron chi connectivity index (χ0n) is 10.1. The quantitative estimate of drug-likeness (QED) is 0.703. The summed E-state index contributed by atoms with van der Waals surface area (Å²) in [6.07, 6.45) is 2.17. The number of ether oxygens (including phenoxy) is 1. The molecule has 0 saturated heterocycles. The molecule has 0 atom stereocenters. The van der Waals surface area contributed by atoms with Crippen LogP contribution in [0.2, 0.25) is 0 Å². The first kappa shape index (κ1) is 12.8. The molecule has 2 heteroatoms. The molecular formula is C14H20O2. The average Bonchev–Trinajstić information content (AvgIpc) is 2.28. The molecule has 0 fully saturated rings. The fraction of sp³-hybridized carbons (Fsp3) is 0.500. The molecule has 0 aliphatic carbocycles. The predicted molar refractivity (Wildman–Crippen MR) is 65.6 cm³/mol. The minimum Gasteiger partial charge on any atom is -0.493 e. The van der Waals surface area contributed by atoms with Gasteiger partial charge in [0.05, 0.1) is 6.61 Å². The van der Waals surface area contributed by atoms with Crippen LogP contribution < -0.4 is 4.74 Å². The third-order valence-electron chi connectivity index (χ3n) is 2.39. The van der Waals surface area contributed by atoms with Crippen LogP contribution in [-0.2, 0) is 4.79 Å². The van der Waals surface area contributed by atoms with Crippen LogP contribution in [0.25, 0.3) is 0 Å². The van der Waals surface area contributed by atoms with E-state index in [1.165, 1.54) is 0 Å². The Morgan fingerprint density at radius 3 is 2.50 bits per heavy atom. The Morgan fingerprint density at radius 1 is 1.19 bits per heavy atom. The molecule has 0 radical (unpaired) electrons. The normalized spacial score (nSPS) is 10.4. The van der Waals surface area contributed by atoms with Gasteiger partial charge in [-0.1, -0.05) is 32.0 Å². The molecule has 0 heterocycles. The van der Waals surface area contributed by atoms with Gasteiger partial charge in [-0.2, -0.15) is 0 Å². The molecule has 0 amide bonds. The van der Waals surface area contributed by atoms with E-state index in [0.717, 1.165) is 12.2 Å². The summed E-state index contributed by atoms with van der Waals surface area (Å²) >= 11 is 0. The van der Waals surface area contributed by atoms with Crippen LogP contribution in [0.3, 0.4) is 0 Å². The monoisotopic (exact) mass is 220 g/mol. The Bertz CT molecular complexity index is 304. The molecular weight excluding hydrogens is 200 g/mol. The van der Waals surface area contributed by atoms with Crippen LogP contribution in [0.1, 0.15) is 33.1 Å². The molecule has 2 nitrogen and oxygen atoms in total. The van der Waals surface area contributed by atoms with Gasteiger partial charge in [-0.25, -0.2) is 0 Å². The van der Waals surface area contributed by atoms with Gasteiger partial charge in [0.2, 0.25) is 0 Å². The second-order valence-electron chi connectivity index (χ2n) is 4.38. The number of hydrogen-bond donors (Lipinski definition) is 0. The highest BCUT2D eigenvalue weighted by Crippen LogP contribution is 2.09. The molecule has 0 unspecified atom stereocenters. The van der Waals surface area contributed by atoms with E-state index in [1.54, 1.807) is 0 Å². The maximum Gasteiger partial charge on any atom is 0.136 e. The van der Waals surface area contributed by atoms with Crippen molar-refractivity contribution in [3.8, 4) is 5.75 Å². The lowest BCUT2D eigenvalue weighted by molar-refractivity contribution is -0.119. The van der Waals surface area contributed by atoms with Gasteiger partial charge in [0, 0.05) is 12.8 Å². The van der Waals surface area contributed by atoms with Gasteiger partial charge < -0.3 is 4.74 Å². The highest BCUT2D eigenvalue weighted by molar-refractivity contribution is 5.78. The first-order valence-electron chi connectivity index (χ1n) is 5.88. The van der Waals surface area contributed by atoms with Crippen molar-refractivity contribution < 1.29 is 9.53 Å². The van der Waals surface area contributed by atoms with Gasteiger partial charge in [0.25, 0.3) is 0 Å². The molecule has 16 heavy (non-hydrogen) atoms. The molecule has 1 aromatic rings. The van der Waals surface area contributed by atoms with Crippen molar-refractivity contribution in [1.82, 2.24) is 0 Å². The zero-order valence-corrected chi connectivity index (χ0v) is 10.1. The number of benzene rings is 1. The van der Waals surface area contributed by atoms with Crippen molar-refractivity contribution in [2.45, 2.75) is 33.1 Å². The van der Waals surface area contributed by atoms with Crippen molar-refractivity contribution >= 4 is 5.78 Å². The molecule has 0 spiro atoms. The van der Waals surface area contributed by atoms with Gasteiger partial charge in [0.15, 0.2) is 0 Å². The molecule has 1 rings (SSSR count). The SMILES string of the molecule is CC(C)CCC(=O)CCOc1ccccc1. The lowest BCUT2D eigenvalue weighted by Crippen LogP contribution is -2.07. The summed E-state index contributed by atoms with van der Waals surface area (Å²) in [6, 6.07) is 9.60. The van der Waals surface area contributed by atoms with Crippen molar-refractivity contribution in [2.75, 3.05) is 6.61 Å². The smallest absolute Gasteiger partial charge is 0.136 e. The highest BCUT2D eigenvalue weighted by atomic mass is 16.5. The standard InChI is InChI=1S/C14H20O2/c1-12(2)8-9-13(15)10-11-16-14-6-4-3-5-7-14/h3-7,12H,8-11H2,1-2H3. The molecule has 88 valence electrons. The van der Waals surface area contributed by atoms with Gasteiger partial charge in [-0.15, -0.1) is 0 Å². The van der Waals surface area contributed by atoms with E-state index in [4.69, 9.17) is 4.74 Å². The van der Waals surface area contributed by atoms with Crippen LogP contribution in [0.5, 0.6) is 5.75 Å². The average molecular weight is 220 g/mol. The summed E-state index contributed by atoms with van der Waals surface area (Å²) in [5.74, 6) is 1.72. The second kappa shape index (κ2) is 7.04. The molecule has 0 aromatic heterocycles.